The maximum absolute atomic E-state index is 12.7. The molecule has 0 aromatic carbocycles. The van der Waals surface area contributed by atoms with Crippen molar-refractivity contribution in [2.24, 2.45) is 0 Å². The Bertz CT molecular complexity index is 489. The molecule has 0 bridgehead atoms. The number of likely N-dealkylation sites (tertiary alicyclic amines) is 1. The Kier molecular flexibility index (Phi) is 6.19. The van der Waals surface area contributed by atoms with Crippen molar-refractivity contribution in [3.8, 4) is 0 Å². The van der Waals surface area contributed by atoms with E-state index < -0.39 is 0 Å². The fraction of sp³-hybridized carbons (Fsp3) is 0.647. The van der Waals surface area contributed by atoms with Crippen LogP contribution in [0.25, 0.3) is 0 Å². The number of nitrogens with zero attached hydrogens (tertiary/aromatic N) is 3. The van der Waals surface area contributed by atoms with Crippen molar-refractivity contribution in [1.82, 2.24) is 14.8 Å². The number of rotatable bonds is 6. The number of anilines is 1. The topological polar surface area (TPSA) is 48.5 Å². The molecule has 0 radical (unpaired) electrons. The van der Waals surface area contributed by atoms with Crippen LogP contribution in [0.3, 0.4) is 0 Å². The molecule has 1 atom stereocenters. The SMILES string of the molecule is CCC1CCCCN1C(=O)c1cc(NCCN(C)C)ccn1. The molecular formula is C17H28N4O. The van der Waals surface area contributed by atoms with Crippen LogP contribution in [0.5, 0.6) is 0 Å². The van der Waals surface area contributed by atoms with Crippen molar-refractivity contribution in [3.05, 3.63) is 24.0 Å². The molecule has 0 spiro atoms. The maximum Gasteiger partial charge on any atom is 0.272 e. The van der Waals surface area contributed by atoms with Crippen molar-refractivity contribution >= 4 is 11.6 Å². The third-order valence-corrected chi connectivity index (χ3v) is 4.23. The average Bonchev–Trinajstić information content (AvgIpc) is 2.54. The molecule has 1 amide bonds. The zero-order valence-electron chi connectivity index (χ0n) is 14.0. The lowest BCUT2D eigenvalue weighted by Crippen LogP contribution is -2.43. The van der Waals surface area contributed by atoms with Gasteiger partial charge in [-0.2, -0.15) is 0 Å². The quantitative estimate of drug-likeness (QED) is 0.877. The molecule has 1 N–H and O–H groups in total. The van der Waals surface area contributed by atoms with Gasteiger partial charge < -0.3 is 15.1 Å². The van der Waals surface area contributed by atoms with Crippen LogP contribution in [0.4, 0.5) is 5.69 Å². The molecule has 1 unspecified atom stereocenters. The minimum atomic E-state index is 0.0720. The number of carbonyl (C=O) groups excluding carboxylic acids is 1. The van der Waals surface area contributed by atoms with Gasteiger partial charge in [-0.25, -0.2) is 0 Å². The number of likely N-dealkylation sites (N-methyl/N-ethyl adjacent to an activating group) is 1. The van der Waals surface area contributed by atoms with Crippen molar-refractivity contribution in [3.63, 3.8) is 0 Å². The Labute approximate surface area is 133 Å². The summed E-state index contributed by atoms with van der Waals surface area (Å²) in [5, 5.41) is 3.35. The summed E-state index contributed by atoms with van der Waals surface area (Å²) in [5.41, 5.74) is 1.51. The van der Waals surface area contributed by atoms with Crippen LogP contribution >= 0.6 is 0 Å². The summed E-state index contributed by atoms with van der Waals surface area (Å²) in [5.74, 6) is 0.0720. The van der Waals surface area contributed by atoms with E-state index in [0.717, 1.165) is 44.6 Å². The van der Waals surface area contributed by atoms with E-state index in [0.29, 0.717) is 11.7 Å². The number of amides is 1. The number of pyridine rings is 1. The van der Waals surface area contributed by atoms with Crippen LogP contribution < -0.4 is 5.32 Å². The minimum absolute atomic E-state index is 0.0720. The van der Waals surface area contributed by atoms with E-state index in [1.165, 1.54) is 6.42 Å². The van der Waals surface area contributed by atoms with Gasteiger partial charge in [-0.3, -0.25) is 9.78 Å². The number of piperidine rings is 1. The summed E-state index contributed by atoms with van der Waals surface area (Å²) in [7, 11) is 4.09. The highest BCUT2D eigenvalue weighted by atomic mass is 16.2. The number of nitrogens with one attached hydrogen (secondary N) is 1. The second kappa shape index (κ2) is 8.13. The van der Waals surface area contributed by atoms with Gasteiger partial charge in [0, 0.05) is 37.6 Å². The number of aromatic nitrogens is 1. The largest absolute Gasteiger partial charge is 0.384 e. The summed E-state index contributed by atoms with van der Waals surface area (Å²) < 4.78 is 0. The lowest BCUT2D eigenvalue weighted by Gasteiger charge is -2.35. The predicted molar refractivity (Wildman–Crippen MR) is 90.2 cm³/mol. The number of carbonyl (C=O) groups is 1. The van der Waals surface area contributed by atoms with Crippen LogP contribution in [0, 0.1) is 0 Å². The summed E-state index contributed by atoms with van der Waals surface area (Å²) in [6.07, 6.45) is 6.18. The minimum Gasteiger partial charge on any atom is -0.384 e. The molecule has 1 aliphatic heterocycles. The first-order valence-electron chi connectivity index (χ1n) is 8.27. The Morgan fingerprint density at radius 2 is 2.27 bits per heavy atom. The fourth-order valence-electron chi connectivity index (χ4n) is 2.92. The Morgan fingerprint density at radius 1 is 1.45 bits per heavy atom. The van der Waals surface area contributed by atoms with Crippen molar-refractivity contribution in [2.45, 2.75) is 38.6 Å². The number of hydrogen-bond acceptors (Lipinski definition) is 4. The first-order chi connectivity index (χ1) is 10.6. The van der Waals surface area contributed by atoms with Gasteiger partial charge in [0.05, 0.1) is 0 Å². The molecule has 1 saturated heterocycles. The predicted octanol–water partition coefficient (Wildman–Crippen LogP) is 2.46. The molecule has 0 saturated carbocycles. The van der Waals surface area contributed by atoms with E-state index >= 15 is 0 Å². The molecule has 5 heteroatoms. The second-order valence-corrected chi connectivity index (χ2v) is 6.22. The lowest BCUT2D eigenvalue weighted by atomic mass is 9.99. The molecule has 1 fully saturated rings. The second-order valence-electron chi connectivity index (χ2n) is 6.22. The molecule has 22 heavy (non-hydrogen) atoms. The molecular weight excluding hydrogens is 276 g/mol. The van der Waals surface area contributed by atoms with E-state index in [-0.39, 0.29) is 5.91 Å². The first-order valence-corrected chi connectivity index (χ1v) is 8.27. The lowest BCUT2D eigenvalue weighted by molar-refractivity contribution is 0.0602. The fourth-order valence-corrected chi connectivity index (χ4v) is 2.92. The summed E-state index contributed by atoms with van der Waals surface area (Å²) in [4.78, 5) is 21.1. The van der Waals surface area contributed by atoms with Crippen molar-refractivity contribution in [2.75, 3.05) is 39.0 Å². The molecule has 122 valence electrons. The van der Waals surface area contributed by atoms with Gasteiger partial charge in [0.25, 0.3) is 5.91 Å². The first kappa shape index (κ1) is 16.7. The molecule has 0 aliphatic carbocycles. The zero-order chi connectivity index (χ0) is 15.9. The van der Waals surface area contributed by atoms with Gasteiger partial charge in [0.15, 0.2) is 0 Å². The highest BCUT2D eigenvalue weighted by molar-refractivity contribution is 5.93. The standard InChI is InChI=1S/C17H28N4O/c1-4-15-7-5-6-11-21(15)17(22)16-13-14(8-9-19-16)18-10-12-20(2)3/h8-9,13,15H,4-7,10-12H2,1-3H3,(H,18,19). The van der Waals surface area contributed by atoms with Crippen LogP contribution in [-0.4, -0.2) is 60.5 Å². The molecule has 2 heterocycles. The zero-order valence-corrected chi connectivity index (χ0v) is 14.0. The van der Waals surface area contributed by atoms with E-state index in [2.05, 4.69) is 22.1 Å². The molecule has 2 rings (SSSR count). The third-order valence-electron chi connectivity index (χ3n) is 4.23. The third kappa shape index (κ3) is 4.44. The summed E-state index contributed by atoms with van der Waals surface area (Å²) >= 11 is 0. The van der Waals surface area contributed by atoms with E-state index in [9.17, 15) is 4.79 Å². The average molecular weight is 304 g/mol. The smallest absolute Gasteiger partial charge is 0.272 e. The van der Waals surface area contributed by atoms with Crippen LogP contribution in [0.15, 0.2) is 18.3 Å². The van der Waals surface area contributed by atoms with E-state index in [1.54, 1.807) is 6.20 Å². The summed E-state index contributed by atoms with van der Waals surface area (Å²) in [6, 6.07) is 4.16. The van der Waals surface area contributed by atoms with Gasteiger partial charge >= 0.3 is 0 Å². The maximum atomic E-state index is 12.7. The van der Waals surface area contributed by atoms with E-state index in [4.69, 9.17) is 0 Å². The molecule has 1 aromatic rings. The van der Waals surface area contributed by atoms with Crippen LogP contribution in [0.1, 0.15) is 43.1 Å². The van der Waals surface area contributed by atoms with Gasteiger partial charge in [0.2, 0.25) is 0 Å². The molecule has 1 aromatic heterocycles. The summed E-state index contributed by atoms with van der Waals surface area (Å²) in [6.45, 7) is 4.82. The van der Waals surface area contributed by atoms with Gasteiger partial charge in [-0.1, -0.05) is 6.92 Å². The number of hydrogen-bond donors (Lipinski definition) is 1. The highest BCUT2D eigenvalue weighted by Gasteiger charge is 2.26. The van der Waals surface area contributed by atoms with Crippen LogP contribution in [0.2, 0.25) is 0 Å². The van der Waals surface area contributed by atoms with Crippen molar-refractivity contribution in [1.29, 1.82) is 0 Å². The molecule has 1 aliphatic rings. The van der Waals surface area contributed by atoms with Gasteiger partial charge in [-0.05, 0) is 51.9 Å². The highest BCUT2D eigenvalue weighted by Crippen LogP contribution is 2.22. The van der Waals surface area contributed by atoms with Crippen LogP contribution in [-0.2, 0) is 0 Å². The monoisotopic (exact) mass is 304 g/mol. The van der Waals surface area contributed by atoms with Crippen molar-refractivity contribution < 1.29 is 4.79 Å². The molecule has 5 nitrogen and oxygen atoms in total. The van der Waals surface area contributed by atoms with E-state index in [1.807, 2.05) is 31.1 Å². The normalized spacial score (nSPS) is 18.5. The van der Waals surface area contributed by atoms with Gasteiger partial charge in [0.1, 0.15) is 5.69 Å². The Hall–Kier alpha value is -1.62. The van der Waals surface area contributed by atoms with Gasteiger partial charge in [-0.15, -0.1) is 0 Å². The Morgan fingerprint density at radius 3 is 3.00 bits per heavy atom. The Balaban J connectivity index is 2.03.